The van der Waals surface area contributed by atoms with Gasteiger partial charge in [0.2, 0.25) is 11.8 Å². The molecule has 1 aliphatic rings. The van der Waals surface area contributed by atoms with Crippen LogP contribution in [0, 0.1) is 6.92 Å². The van der Waals surface area contributed by atoms with Gasteiger partial charge in [-0.25, -0.2) is 0 Å². The minimum absolute atomic E-state index is 0.113. The molecule has 5 nitrogen and oxygen atoms in total. The fourth-order valence-electron chi connectivity index (χ4n) is 3.85. The van der Waals surface area contributed by atoms with Gasteiger partial charge in [0.25, 0.3) is 0 Å². The second-order valence-corrected chi connectivity index (χ2v) is 7.07. The van der Waals surface area contributed by atoms with Crippen LogP contribution in [-0.4, -0.2) is 16.8 Å². The molecule has 0 saturated carbocycles. The Kier molecular flexibility index (Phi) is 4.44. The summed E-state index contributed by atoms with van der Waals surface area (Å²) in [7, 11) is 0. The summed E-state index contributed by atoms with van der Waals surface area (Å²) in [5.74, 6) is -0.679. The van der Waals surface area contributed by atoms with Crippen LogP contribution in [0.4, 0.5) is 5.69 Å². The third kappa shape index (κ3) is 3.21. The summed E-state index contributed by atoms with van der Waals surface area (Å²) in [6.07, 6.45) is 1.15. The first-order valence-corrected chi connectivity index (χ1v) is 9.33. The molecule has 0 spiro atoms. The van der Waals surface area contributed by atoms with Gasteiger partial charge >= 0.3 is 0 Å². The van der Waals surface area contributed by atoms with Gasteiger partial charge in [-0.2, -0.15) is 0 Å². The lowest BCUT2D eigenvalue weighted by molar-refractivity contribution is -0.126. The van der Waals surface area contributed by atoms with E-state index in [9.17, 15) is 9.59 Å². The van der Waals surface area contributed by atoms with Crippen LogP contribution in [0.15, 0.2) is 42.5 Å². The monoisotopic (exact) mass is 361 g/mol. The molecule has 138 valence electrons. The molecular weight excluding hydrogens is 338 g/mol. The molecule has 2 heterocycles. The fourth-order valence-corrected chi connectivity index (χ4v) is 3.85. The van der Waals surface area contributed by atoms with Crippen LogP contribution in [0.2, 0.25) is 0 Å². The quantitative estimate of drug-likeness (QED) is 0.662. The van der Waals surface area contributed by atoms with Crippen molar-refractivity contribution in [3.05, 3.63) is 64.8 Å². The molecule has 27 heavy (non-hydrogen) atoms. The number of amides is 2. The third-order valence-electron chi connectivity index (χ3n) is 5.36. The van der Waals surface area contributed by atoms with Gasteiger partial charge in [0, 0.05) is 35.2 Å². The Morgan fingerprint density at radius 1 is 1.22 bits per heavy atom. The van der Waals surface area contributed by atoms with Crippen molar-refractivity contribution < 1.29 is 9.59 Å². The highest BCUT2D eigenvalue weighted by Crippen LogP contribution is 2.32. The Bertz CT molecular complexity index is 1040. The van der Waals surface area contributed by atoms with E-state index in [0.717, 1.165) is 28.8 Å². The molecule has 3 N–H and O–H groups in total. The Morgan fingerprint density at radius 3 is 2.85 bits per heavy atom. The Balaban J connectivity index is 1.52. The van der Waals surface area contributed by atoms with Crippen LogP contribution in [0.1, 0.15) is 41.6 Å². The number of aryl methyl sites for hydroxylation is 2. The maximum atomic E-state index is 12.8. The van der Waals surface area contributed by atoms with E-state index in [1.54, 1.807) is 0 Å². The molecule has 0 bridgehead atoms. The molecular formula is C22H23N3O2. The molecule has 0 radical (unpaired) electrons. The van der Waals surface area contributed by atoms with Gasteiger partial charge in [-0.3, -0.25) is 9.59 Å². The summed E-state index contributed by atoms with van der Waals surface area (Å²) < 4.78 is 0. The summed E-state index contributed by atoms with van der Waals surface area (Å²) in [5.41, 5.74) is 6.28. The number of fused-ring (bicyclic) bond motifs is 2. The van der Waals surface area contributed by atoms with E-state index < -0.39 is 5.92 Å². The van der Waals surface area contributed by atoms with E-state index in [1.165, 1.54) is 16.6 Å². The number of anilines is 1. The van der Waals surface area contributed by atoms with Crippen molar-refractivity contribution >= 4 is 28.4 Å². The second kappa shape index (κ2) is 6.91. The maximum absolute atomic E-state index is 12.8. The first-order chi connectivity index (χ1) is 13.1. The van der Waals surface area contributed by atoms with Crippen LogP contribution in [0.3, 0.4) is 0 Å². The van der Waals surface area contributed by atoms with Gasteiger partial charge in [0.1, 0.15) is 0 Å². The van der Waals surface area contributed by atoms with Crippen molar-refractivity contribution in [2.24, 2.45) is 0 Å². The van der Waals surface area contributed by atoms with E-state index in [1.807, 2.05) is 30.3 Å². The molecule has 4 rings (SSSR count). The zero-order valence-corrected chi connectivity index (χ0v) is 15.6. The molecule has 3 aromatic rings. The van der Waals surface area contributed by atoms with Crippen LogP contribution < -0.4 is 10.6 Å². The zero-order chi connectivity index (χ0) is 19.0. The molecule has 2 amide bonds. The Labute approximate surface area is 158 Å². The van der Waals surface area contributed by atoms with Crippen molar-refractivity contribution in [3.8, 4) is 0 Å². The number of para-hydroxylation sites is 1. The van der Waals surface area contributed by atoms with Gasteiger partial charge < -0.3 is 15.6 Å². The molecule has 0 aliphatic carbocycles. The summed E-state index contributed by atoms with van der Waals surface area (Å²) in [6, 6.07) is 13.7. The third-order valence-corrected chi connectivity index (χ3v) is 5.36. The molecule has 0 fully saturated rings. The predicted molar refractivity (Wildman–Crippen MR) is 107 cm³/mol. The first-order valence-electron chi connectivity index (χ1n) is 9.33. The van der Waals surface area contributed by atoms with Crippen molar-refractivity contribution in [1.82, 2.24) is 10.3 Å². The minimum atomic E-state index is -0.445. The smallest absolute Gasteiger partial charge is 0.228 e. The molecule has 1 atom stereocenters. The van der Waals surface area contributed by atoms with Crippen molar-refractivity contribution in [1.29, 1.82) is 0 Å². The van der Waals surface area contributed by atoms with Gasteiger partial charge in [0.05, 0.1) is 5.92 Å². The van der Waals surface area contributed by atoms with Crippen molar-refractivity contribution in [2.75, 3.05) is 5.32 Å². The van der Waals surface area contributed by atoms with Gasteiger partial charge in [-0.05, 0) is 48.2 Å². The number of H-pyrrole nitrogens is 1. The highest BCUT2D eigenvalue weighted by atomic mass is 16.2. The molecule has 0 saturated heterocycles. The summed E-state index contributed by atoms with van der Waals surface area (Å²) in [4.78, 5) is 28.1. The van der Waals surface area contributed by atoms with Crippen molar-refractivity contribution in [3.63, 3.8) is 0 Å². The lowest BCUT2D eigenvalue weighted by atomic mass is 9.90. The zero-order valence-electron chi connectivity index (χ0n) is 15.6. The van der Waals surface area contributed by atoms with Gasteiger partial charge in [-0.1, -0.05) is 31.2 Å². The lowest BCUT2D eigenvalue weighted by Crippen LogP contribution is -2.34. The number of hydrogen-bond acceptors (Lipinski definition) is 2. The molecule has 0 unspecified atom stereocenters. The van der Waals surface area contributed by atoms with E-state index >= 15 is 0 Å². The lowest BCUT2D eigenvalue weighted by Gasteiger charge is -2.24. The molecule has 2 aromatic carbocycles. The Morgan fingerprint density at radius 2 is 2.04 bits per heavy atom. The highest BCUT2D eigenvalue weighted by molar-refractivity contribution is 6.01. The Hall–Kier alpha value is -3.08. The number of carbonyl (C=O) groups is 2. The molecule has 1 aliphatic heterocycles. The molecule has 1 aromatic heterocycles. The first kappa shape index (κ1) is 17.3. The summed E-state index contributed by atoms with van der Waals surface area (Å²) >= 11 is 0. The standard InChI is InChI=1S/C22H23N3O2/c1-3-18-13(2)16-10-14(8-9-20(16)24-18)12-23-22(27)17-11-21(26)25-19-7-5-4-6-15(17)19/h4-10,17,24H,3,11-12H2,1-2H3,(H,23,27)(H,25,26)/t17-/m1/s1. The summed E-state index contributed by atoms with van der Waals surface area (Å²) in [6.45, 7) is 4.70. The fraction of sp³-hybridized carbons (Fsp3) is 0.273. The topological polar surface area (TPSA) is 74.0 Å². The number of hydrogen-bond donors (Lipinski definition) is 3. The van der Waals surface area contributed by atoms with Crippen LogP contribution in [0.5, 0.6) is 0 Å². The van der Waals surface area contributed by atoms with E-state index in [2.05, 4.69) is 41.6 Å². The highest BCUT2D eigenvalue weighted by Gasteiger charge is 2.30. The van der Waals surface area contributed by atoms with Gasteiger partial charge in [0.15, 0.2) is 0 Å². The minimum Gasteiger partial charge on any atom is -0.358 e. The maximum Gasteiger partial charge on any atom is 0.228 e. The average Bonchev–Trinajstić information content (AvgIpc) is 3.00. The van der Waals surface area contributed by atoms with Crippen LogP contribution in [-0.2, 0) is 22.6 Å². The number of rotatable bonds is 4. The van der Waals surface area contributed by atoms with E-state index in [0.29, 0.717) is 6.54 Å². The van der Waals surface area contributed by atoms with E-state index in [4.69, 9.17) is 0 Å². The summed E-state index contributed by atoms with van der Waals surface area (Å²) in [5, 5.41) is 7.03. The number of nitrogens with one attached hydrogen (secondary N) is 3. The largest absolute Gasteiger partial charge is 0.358 e. The SMILES string of the molecule is CCc1[nH]c2ccc(CNC(=O)[C@@H]3CC(=O)Nc4ccccc43)cc2c1C. The average molecular weight is 361 g/mol. The second-order valence-electron chi connectivity index (χ2n) is 7.07. The van der Waals surface area contributed by atoms with E-state index in [-0.39, 0.29) is 18.2 Å². The van der Waals surface area contributed by atoms with Crippen LogP contribution in [0.25, 0.3) is 10.9 Å². The number of carbonyl (C=O) groups excluding carboxylic acids is 2. The van der Waals surface area contributed by atoms with Crippen LogP contribution >= 0.6 is 0 Å². The van der Waals surface area contributed by atoms with Crippen molar-refractivity contribution in [2.45, 2.75) is 39.2 Å². The number of aromatic amines is 1. The number of aromatic nitrogens is 1. The number of benzene rings is 2. The molecule has 5 heteroatoms. The normalized spacial score (nSPS) is 16.1. The predicted octanol–water partition coefficient (Wildman–Crippen LogP) is 3.78. The van der Waals surface area contributed by atoms with Gasteiger partial charge in [-0.15, -0.1) is 0 Å².